The average Bonchev–Trinajstić information content (AvgIpc) is 2.48. The highest BCUT2D eigenvalue weighted by atomic mass is 79.9. The summed E-state index contributed by atoms with van der Waals surface area (Å²) in [6.45, 7) is -0.126. The lowest BCUT2D eigenvalue weighted by Crippen LogP contribution is -2.19. The van der Waals surface area contributed by atoms with Crippen LogP contribution in [-0.2, 0) is 4.79 Å². The Balaban J connectivity index is 1.89. The van der Waals surface area contributed by atoms with Gasteiger partial charge in [0.05, 0.1) is 11.9 Å². The van der Waals surface area contributed by atoms with Gasteiger partial charge >= 0.3 is 0 Å². The van der Waals surface area contributed by atoms with E-state index in [9.17, 15) is 4.79 Å². The Bertz CT molecular complexity index is 624. The molecule has 0 aliphatic heterocycles. The lowest BCUT2D eigenvalue weighted by atomic mass is 10.2. The quantitative estimate of drug-likeness (QED) is 0.623. The first-order valence-corrected chi connectivity index (χ1v) is 6.98. The molecule has 21 heavy (non-hydrogen) atoms. The number of ether oxygens (including phenoxy) is 1. The van der Waals surface area contributed by atoms with Crippen LogP contribution in [0.2, 0.25) is 0 Å². The van der Waals surface area contributed by atoms with Gasteiger partial charge in [-0.25, -0.2) is 0 Å². The zero-order chi connectivity index (χ0) is 15.1. The van der Waals surface area contributed by atoms with Crippen molar-refractivity contribution in [1.29, 1.82) is 0 Å². The van der Waals surface area contributed by atoms with Gasteiger partial charge in [-0.3, -0.25) is 10.2 Å². The van der Waals surface area contributed by atoms with Gasteiger partial charge in [-0.1, -0.05) is 15.9 Å². The summed E-state index contributed by atoms with van der Waals surface area (Å²) >= 11 is 3.37. The molecule has 0 bridgehead atoms. The van der Waals surface area contributed by atoms with Crippen molar-refractivity contribution in [3.63, 3.8) is 0 Å². The molecule has 0 atom stereocenters. The monoisotopic (exact) mass is 347 g/mol. The molecular weight excluding hydrogens is 334 g/mol. The highest BCUT2D eigenvalue weighted by Crippen LogP contribution is 2.14. The number of carbonyl (C=O) groups excluding carboxylic acids is 1. The van der Waals surface area contributed by atoms with Crippen LogP contribution in [0.5, 0.6) is 5.75 Å². The molecule has 0 radical (unpaired) electrons. The van der Waals surface area contributed by atoms with Gasteiger partial charge in [0.1, 0.15) is 5.75 Å². The predicted molar refractivity (Wildman–Crippen MR) is 86.5 cm³/mol. The highest BCUT2D eigenvalue weighted by molar-refractivity contribution is 9.10. The molecule has 0 saturated carbocycles. The van der Waals surface area contributed by atoms with Gasteiger partial charge < -0.3 is 10.5 Å². The van der Waals surface area contributed by atoms with Crippen LogP contribution in [0.25, 0.3) is 0 Å². The summed E-state index contributed by atoms with van der Waals surface area (Å²) in [6, 6.07) is 14.9. The van der Waals surface area contributed by atoms with Crippen LogP contribution in [0.4, 0.5) is 5.69 Å². The molecule has 0 spiro atoms. The van der Waals surface area contributed by atoms with Gasteiger partial charge in [-0.2, -0.15) is 5.10 Å². The molecule has 0 heterocycles. The molecule has 0 unspecified atom stereocenters. The summed E-state index contributed by atoms with van der Waals surface area (Å²) in [5.74, 6) is 0.0890. The molecular formula is C15H14BrN3O2. The molecule has 2 rings (SSSR count). The second-order valence-corrected chi connectivity index (χ2v) is 5.12. The second-order valence-electron chi connectivity index (χ2n) is 4.20. The Morgan fingerprint density at radius 3 is 2.48 bits per heavy atom. The summed E-state index contributed by atoms with van der Waals surface area (Å²) in [5, 5.41) is 4.14. The number of nitrogens with two attached hydrogens (primary N) is 1. The van der Waals surface area contributed by atoms with E-state index in [0.29, 0.717) is 5.75 Å². The van der Waals surface area contributed by atoms with Crippen molar-refractivity contribution in [2.75, 3.05) is 12.0 Å². The third kappa shape index (κ3) is 5.27. The number of hydrogen-bond donors (Lipinski definition) is 2. The molecule has 2 aromatic carbocycles. The first-order valence-electron chi connectivity index (χ1n) is 6.19. The van der Waals surface area contributed by atoms with Gasteiger partial charge in [0.25, 0.3) is 5.91 Å². The minimum Gasteiger partial charge on any atom is -0.484 e. The summed E-state index contributed by atoms with van der Waals surface area (Å²) in [6.07, 6.45) is 1.69. The number of rotatable bonds is 6. The SMILES string of the molecule is NC(=O)COc1ccc(/C=N/Nc2ccc(Br)cc2)cc1. The molecule has 6 heteroatoms. The van der Waals surface area contributed by atoms with Crippen LogP contribution in [0.1, 0.15) is 5.56 Å². The first-order chi connectivity index (χ1) is 10.1. The van der Waals surface area contributed by atoms with E-state index in [1.807, 2.05) is 36.4 Å². The summed E-state index contributed by atoms with van der Waals surface area (Å²) in [7, 11) is 0. The van der Waals surface area contributed by atoms with Gasteiger partial charge in [0, 0.05) is 4.47 Å². The zero-order valence-electron chi connectivity index (χ0n) is 11.1. The van der Waals surface area contributed by atoms with Gasteiger partial charge in [0.2, 0.25) is 0 Å². The maximum atomic E-state index is 10.6. The number of hydrazone groups is 1. The van der Waals surface area contributed by atoms with E-state index in [-0.39, 0.29) is 6.61 Å². The number of carbonyl (C=O) groups is 1. The van der Waals surface area contributed by atoms with Crippen molar-refractivity contribution >= 4 is 33.7 Å². The lowest BCUT2D eigenvalue weighted by Gasteiger charge is -2.03. The van der Waals surface area contributed by atoms with Crippen molar-refractivity contribution in [2.45, 2.75) is 0 Å². The Morgan fingerprint density at radius 1 is 1.19 bits per heavy atom. The Labute approximate surface area is 130 Å². The zero-order valence-corrected chi connectivity index (χ0v) is 12.7. The fourth-order valence-electron chi connectivity index (χ4n) is 1.51. The Hall–Kier alpha value is -2.34. The number of anilines is 1. The smallest absolute Gasteiger partial charge is 0.255 e. The number of halogens is 1. The van der Waals surface area contributed by atoms with Gasteiger partial charge in [0.15, 0.2) is 6.61 Å². The van der Waals surface area contributed by atoms with Crippen LogP contribution in [0.15, 0.2) is 58.1 Å². The van der Waals surface area contributed by atoms with E-state index in [2.05, 4.69) is 26.5 Å². The van der Waals surface area contributed by atoms with E-state index in [1.165, 1.54) is 0 Å². The average molecular weight is 348 g/mol. The number of amides is 1. The van der Waals surface area contributed by atoms with Crippen LogP contribution in [0, 0.1) is 0 Å². The van der Waals surface area contributed by atoms with Gasteiger partial charge in [-0.15, -0.1) is 0 Å². The third-order valence-corrected chi connectivity index (χ3v) is 3.04. The van der Waals surface area contributed by atoms with Crippen molar-refractivity contribution in [3.8, 4) is 5.75 Å². The molecule has 0 aromatic heterocycles. The molecule has 0 aliphatic carbocycles. The maximum absolute atomic E-state index is 10.6. The van der Waals surface area contributed by atoms with Crippen LogP contribution in [0.3, 0.4) is 0 Å². The van der Waals surface area contributed by atoms with E-state index in [0.717, 1.165) is 15.7 Å². The standard InChI is InChI=1S/C15H14BrN3O2/c16-12-3-5-13(6-4-12)19-18-9-11-1-7-14(8-2-11)21-10-15(17)20/h1-9,19H,10H2,(H2,17,20)/b18-9+. The molecule has 0 aliphatic rings. The van der Waals surface area contributed by atoms with Crippen LogP contribution < -0.4 is 15.9 Å². The van der Waals surface area contributed by atoms with E-state index >= 15 is 0 Å². The Morgan fingerprint density at radius 2 is 1.86 bits per heavy atom. The maximum Gasteiger partial charge on any atom is 0.255 e. The normalized spacial score (nSPS) is 10.5. The molecule has 1 amide bonds. The van der Waals surface area contributed by atoms with Crippen LogP contribution in [-0.4, -0.2) is 18.7 Å². The van der Waals surface area contributed by atoms with E-state index in [4.69, 9.17) is 10.5 Å². The minimum atomic E-state index is -0.501. The van der Waals surface area contributed by atoms with Crippen molar-refractivity contribution < 1.29 is 9.53 Å². The van der Waals surface area contributed by atoms with Crippen molar-refractivity contribution in [1.82, 2.24) is 0 Å². The summed E-state index contributed by atoms with van der Waals surface area (Å²) < 4.78 is 6.19. The topological polar surface area (TPSA) is 76.7 Å². The predicted octanol–water partition coefficient (Wildman–Crippen LogP) is 2.76. The number of hydrogen-bond acceptors (Lipinski definition) is 4. The fraction of sp³-hybridized carbons (Fsp3) is 0.0667. The third-order valence-electron chi connectivity index (χ3n) is 2.51. The molecule has 2 aromatic rings. The second kappa shape index (κ2) is 7.44. The van der Waals surface area contributed by atoms with Gasteiger partial charge in [-0.05, 0) is 54.1 Å². The number of primary amides is 1. The summed E-state index contributed by atoms with van der Waals surface area (Å²) in [4.78, 5) is 10.6. The number of benzene rings is 2. The van der Waals surface area contributed by atoms with Crippen molar-refractivity contribution in [3.05, 3.63) is 58.6 Å². The molecule has 3 N–H and O–H groups in total. The lowest BCUT2D eigenvalue weighted by molar-refractivity contribution is -0.119. The number of nitrogens with one attached hydrogen (secondary N) is 1. The highest BCUT2D eigenvalue weighted by Gasteiger charge is 1.97. The summed E-state index contributed by atoms with van der Waals surface area (Å²) in [5.41, 5.74) is 9.74. The Kier molecular flexibility index (Phi) is 5.34. The number of nitrogens with zero attached hydrogens (tertiary/aromatic N) is 1. The molecule has 0 saturated heterocycles. The van der Waals surface area contributed by atoms with E-state index < -0.39 is 5.91 Å². The molecule has 0 fully saturated rings. The van der Waals surface area contributed by atoms with Crippen molar-refractivity contribution in [2.24, 2.45) is 10.8 Å². The first kappa shape index (κ1) is 15.1. The minimum absolute atomic E-state index is 0.126. The van der Waals surface area contributed by atoms with Crippen LogP contribution >= 0.6 is 15.9 Å². The molecule has 108 valence electrons. The fourth-order valence-corrected chi connectivity index (χ4v) is 1.77. The molecule has 5 nitrogen and oxygen atoms in total. The van der Waals surface area contributed by atoms with E-state index in [1.54, 1.807) is 18.3 Å². The largest absolute Gasteiger partial charge is 0.484 e.